The second-order valence-corrected chi connectivity index (χ2v) is 9.14. The topological polar surface area (TPSA) is 108 Å². The molecule has 0 bridgehead atoms. The molecule has 0 saturated carbocycles. The van der Waals surface area contributed by atoms with Gasteiger partial charge in [0, 0.05) is 35.2 Å². The molecule has 2 atom stereocenters. The third kappa shape index (κ3) is 5.83. The molecule has 2 aliphatic rings. The number of carboxylic acid groups (broad SMARTS) is 1. The predicted molar refractivity (Wildman–Crippen MR) is 135 cm³/mol. The number of carboxylic acids is 1. The van der Waals surface area contributed by atoms with Gasteiger partial charge < -0.3 is 25.4 Å². The molecular formula is C26H28ClN3O5. The number of nitrogens with zero attached hydrogens (tertiary/aromatic N) is 1. The van der Waals surface area contributed by atoms with Crippen molar-refractivity contribution >= 4 is 46.4 Å². The maximum atomic E-state index is 13.3. The lowest BCUT2D eigenvalue weighted by Gasteiger charge is -2.30. The second kappa shape index (κ2) is 10.9. The molecule has 2 aromatic rings. The summed E-state index contributed by atoms with van der Waals surface area (Å²) in [4.78, 5) is 40.0. The Morgan fingerprint density at radius 3 is 2.31 bits per heavy atom. The standard InChI is InChI=1S/C26H28ClN3O5/c1-16-6-7-18(15-22(16)27)29-25(32)21-14-17(8-9-23(21)30-10-12-35-13-11-30)28-24(31)19-4-2-3-5-20(19)26(33)34/h2-3,6-9,14-15,19-20H,4-5,10-13H2,1H3,(H,28,31)(H,29,32)(H,33,34)/t19-,20+/m1/s1. The van der Waals surface area contributed by atoms with Crippen LogP contribution < -0.4 is 15.5 Å². The Kier molecular flexibility index (Phi) is 7.73. The fourth-order valence-corrected chi connectivity index (χ4v) is 4.54. The van der Waals surface area contributed by atoms with Gasteiger partial charge in [-0.25, -0.2) is 0 Å². The minimum atomic E-state index is -0.992. The number of benzene rings is 2. The number of hydrogen-bond donors (Lipinski definition) is 3. The zero-order chi connectivity index (χ0) is 24.9. The minimum absolute atomic E-state index is 0.316. The van der Waals surface area contributed by atoms with Crippen LogP contribution in [0, 0.1) is 18.8 Å². The maximum Gasteiger partial charge on any atom is 0.307 e. The molecule has 4 rings (SSSR count). The number of aryl methyl sites for hydroxylation is 1. The van der Waals surface area contributed by atoms with E-state index >= 15 is 0 Å². The summed E-state index contributed by atoms with van der Waals surface area (Å²) in [7, 11) is 0. The van der Waals surface area contributed by atoms with Crippen molar-refractivity contribution in [1.29, 1.82) is 0 Å². The van der Waals surface area contributed by atoms with Crippen LogP contribution >= 0.6 is 11.6 Å². The van der Waals surface area contributed by atoms with Crippen molar-refractivity contribution in [3.8, 4) is 0 Å². The lowest BCUT2D eigenvalue weighted by atomic mass is 9.82. The van der Waals surface area contributed by atoms with Gasteiger partial charge in [-0.05, 0) is 55.7 Å². The van der Waals surface area contributed by atoms with Gasteiger partial charge in [-0.3, -0.25) is 14.4 Å². The van der Waals surface area contributed by atoms with E-state index in [1.54, 1.807) is 36.4 Å². The average molecular weight is 498 g/mol. The molecule has 35 heavy (non-hydrogen) atoms. The number of morpholine rings is 1. The Hall–Kier alpha value is -3.36. The van der Waals surface area contributed by atoms with Crippen LogP contribution in [0.25, 0.3) is 0 Å². The van der Waals surface area contributed by atoms with Gasteiger partial charge in [-0.1, -0.05) is 29.8 Å². The first-order valence-corrected chi connectivity index (χ1v) is 11.9. The molecule has 8 nitrogen and oxygen atoms in total. The first-order chi connectivity index (χ1) is 16.8. The third-order valence-electron chi connectivity index (χ3n) is 6.38. The number of rotatable bonds is 6. The summed E-state index contributed by atoms with van der Waals surface area (Å²) in [5.41, 5.74) is 3.01. The Morgan fingerprint density at radius 2 is 1.63 bits per heavy atom. The van der Waals surface area contributed by atoms with Gasteiger partial charge in [0.2, 0.25) is 5.91 Å². The number of allylic oxidation sites excluding steroid dienone is 2. The summed E-state index contributed by atoms with van der Waals surface area (Å²) in [6, 6.07) is 10.5. The summed E-state index contributed by atoms with van der Waals surface area (Å²) in [6.07, 6.45) is 4.29. The van der Waals surface area contributed by atoms with E-state index in [4.69, 9.17) is 16.3 Å². The zero-order valence-corrected chi connectivity index (χ0v) is 20.2. The van der Waals surface area contributed by atoms with Crippen molar-refractivity contribution in [2.45, 2.75) is 19.8 Å². The number of amides is 2. The molecule has 1 aliphatic heterocycles. The molecule has 184 valence electrons. The minimum Gasteiger partial charge on any atom is -0.481 e. The average Bonchev–Trinajstić information content (AvgIpc) is 2.86. The molecule has 1 saturated heterocycles. The van der Waals surface area contributed by atoms with Crippen LogP contribution in [-0.2, 0) is 14.3 Å². The Morgan fingerprint density at radius 1 is 0.971 bits per heavy atom. The van der Waals surface area contributed by atoms with E-state index in [9.17, 15) is 19.5 Å². The molecular weight excluding hydrogens is 470 g/mol. The second-order valence-electron chi connectivity index (χ2n) is 8.73. The third-order valence-corrected chi connectivity index (χ3v) is 6.78. The Bertz CT molecular complexity index is 1160. The summed E-state index contributed by atoms with van der Waals surface area (Å²) in [6.45, 7) is 4.26. The number of nitrogens with one attached hydrogen (secondary N) is 2. The van der Waals surface area contributed by atoms with Gasteiger partial charge in [-0.15, -0.1) is 0 Å². The number of carbonyl (C=O) groups is 3. The van der Waals surface area contributed by atoms with Crippen LogP contribution in [0.1, 0.15) is 28.8 Å². The van der Waals surface area contributed by atoms with Gasteiger partial charge in [0.25, 0.3) is 5.91 Å². The van der Waals surface area contributed by atoms with Gasteiger partial charge >= 0.3 is 5.97 Å². The summed E-state index contributed by atoms with van der Waals surface area (Å²) in [5, 5.41) is 15.8. The van der Waals surface area contributed by atoms with E-state index < -0.39 is 17.8 Å². The van der Waals surface area contributed by atoms with Crippen molar-refractivity contribution in [3.05, 3.63) is 64.7 Å². The van der Waals surface area contributed by atoms with Crippen LogP contribution in [0.4, 0.5) is 17.1 Å². The van der Waals surface area contributed by atoms with Crippen molar-refractivity contribution in [2.24, 2.45) is 11.8 Å². The number of aliphatic carboxylic acids is 1. The molecule has 2 amide bonds. The number of ether oxygens (including phenoxy) is 1. The van der Waals surface area contributed by atoms with Crippen LogP contribution in [-0.4, -0.2) is 49.2 Å². The largest absolute Gasteiger partial charge is 0.481 e. The fraction of sp³-hybridized carbons (Fsp3) is 0.346. The smallest absolute Gasteiger partial charge is 0.307 e. The molecule has 0 unspecified atom stereocenters. The first kappa shape index (κ1) is 24.8. The molecule has 1 aliphatic carbocycles. The summed E-state index contributed by atoms with van der Waals surface area (Å²) < 4.78 is 5.45. The number of carbonyl (C=O) groups excluding carboxylic acids is 2. The predicted octanol–water partition coefficient (Wildman–Crippen LogP) is 4.34. The molecule has 1 heterocycles. The van der Waals surface area contributed by atoms with E-state index in [1.165, 1.54) is 0 Å². The molecule has 2 aromatic carbocycles. The molecule has 0 aromatic heterocycles. The SMILES string of the molecule is Cc1ccc(NC(=O)c2cc(NC(=O)[C@@H]3CC=CC[C@@H]3C(=O)O)ccc2N2CCOCC2)cc1Cl. The number of anilines is 3. The van der Waals surface area contributed by atoms with Crippen LogP contribution in [0.3, 0.4) is 0 Å². The first-order valence-electron chi connectivity index (χ1n) is 11.6. The highest BCUT2D eigenvalue weighted by Crippen LogP contribution is 2.30. The van der Waals surface area contributed by atoms with Crippen molar-refractivity contribution < 1.29 is 24.2 Å². The van der Waals surface area contributed by atoms with Gasteiger partial charge in [0.15, 0.2) is 0 Å². The Balaban J connectivity index is 1.60. The number of hydrogen-bond acceptors (Lipinski definition) is 5. The van der Waals surface area contributed by atoms with E-state index in [-0.39, 0.29) is 11.8 Å². The normalized spacial score (nSPS) is 19.8. The van der Waals surface area contributed by atoms with E-state index in [0.717, 1.165) is 11.3 Å². The quantitative estimate of drug-likeness (QED) is 0.512. The monoisotopic (exact) mass is 497 g/mol. The molecule has 3 N–H and O–H groups in total. The molecule has 0 radical (unpaired) electrons. The van der Waals surface area contributed by atoms with Crippen LogP contribution in [0.15, 0.2) is 48.6 Å². The van der Waals surface area contributed by atoms with E-state index in [1.807, 2.05) is 19.1 Å². The van der Waals surface area contributed by atoms with E-state index in [2.05, 4.69) is 15.5 Å². The fourth-order valence-electron chi connectivity index (χ4n) is 4.36. The van der Waals surface area contributed by atoms with Crippen molar-refractivity contribution in [3.63, 3.8) is 0 Å². The number of halogens is 1. The maximum absolute atomic E-state index is 13.3. The molecule has 0 spiro atoms. The highest BCUT2D eigenvalue weighted by Gasteiger charge is 2.34. The van der Waals surface area contributed by atoms with Crippen LogP contribution in [0.2, 0.25) is 5.02 Å². The van der Waals surface area contributed by atoms with E-state index in [0.29, 0.717) is 61.1 Å². The van der Waals surface area contributed by atoms with Crippen molar-refractivity contribution in [1.82, 2.24) is 0 Å². The zero-order valence-electron chi connectivity index (χ0n) is 19.4. The van der Waals surface area contributed by atoms with Crippen LogP contribution in [0.5, 0.6) is 0 Å². The highest BCUT2D eigenvalue weighted by atomic mass is 35.5. The van der Waals surface area contributed by atoms with Gasteiger partial charge in [0.1, 0.15) is 0 Å². The van der Waals surface area contributed by atoms with Gasteiger partial charge in [0.05, 0.1) is 30.6 Å². The van der Waals surface area contributed by atoms with Gasteiger partial charge in [-0.2, -0.15) is 0 Å². The molecule has 9 heteroatoms. The lowest BCUT2D eigenvalue weighted by Crippen LogP contribution is -2.37. The highest BCUT2D eigenvalue weighted by molar-refractivity contribution is 6.31. The van der Waals surface area contributed by atoms with Crippen molar-refractivity contribution in [2.75, 3.05) is 41.8 Å². The summed E-state index contributed by atoms with van der Waals surface area (Å²) in [5.74, 6) is -3.16. The lowest BCUT2D eigenvalue weighted by molar-refractivity contribution is -0.146. The summed E-state index contributed by atoms with van der Waals surface area (Å²) >= 11 is 6.22. The Labute approximate surface area is 208 Å². The molecule has 1 fully saturated rings.